The minimum Gasteiger partial charge on any atom is -0.481 e. The maximum atomic E-state index is 11.7. The van der Waals surface area contributed by atoms with Crippen molar-refractivity contribution in [1.82, 2.24) is 5.32 Å². The number of carboxylic acid groups (broad SMARTS) is 1. The summed E-state index contributed by atoms with van der Waals surface area (Å²) < 4.78 is 1.12. The molecule has 0 spiro atoms. The summed E-state index contributed by atoms with van der Waals surface area (Å²) in [6.07, 6.45) is 0.635. The van der Waals surface area contributed by atoms with Gasteiger partial charge in [-0.1, -0.05) is 0 Å². The molecule has 0 saturated heterocycles. The van der Waals surface area contributed by atoms with Crippen LogP contribution in [0.5, 0.6) is 0 Å². The number of halogens is 1. The number of hydrogen-bond donors (Lipinski definition) is 3. The van der Waals surface area contributed by atoms with Crippen molar-refractivity contribution >= 4 is 40.2 Å². The van der Waals surface area contributed by atoms with Gasteiger partial charge in [0, 0.05) is 15.7 Å². The van der Waals surface area contributed by atoms with Crippen molar-refractivity contribution in [3.8, 4) is 0 Å². The molecule has 1 rings (SSSR count). The van der Waals surface area contributed by atoms with Crippen molar-refractivity contribution in [2.75, 3.05) is 18.4 Å². The third-order valence-electron chi connectivity index (χ3n) is 2.49. The van der Waals surface area contributed by atoms with Gasteiger partial charge in [-0.25, -0.2) is 0 Å². The average Bonchev–Trinajstić information content (AvgIpc) is 2.32. The zero-order valence-electron chi connectivity index (χ0n) is 10.7. The van der Waals surface area contributed by atoms with E-state index in [-0.39, 0.29) is 18.9 Å². The molecule has 0 bridgehead atoms. The molecule has 6 heteroatoms. The van der Waals surface area contributed by atoms with E-state index in [1.54, 1.807) is 0 Å². The standard InChI is InChI=1S/C13H17IN2O3/c1-9-7-10(14)4-5-11(9)16-12(17)8-15-6-2-3-13(18)19/h4-5,7,15H,2-3,6,8H2,1H3,(H,16,17)(H,18,19). The van der Waals surface area contributed by atoms with Crippen LogP contribution in [0.25, 0.3) is 0 Å². The Morgan fingerprint density at radius 2 is 2.11 bits per heavy atom. The number of aryl methyl sites for hydroxylation is 1. The van der Waals surface area contributed by atoms with Crippen LogP contribution in [-0.2, 0) is 9.59 Å². The van der Waals surface area contributed by atoms with Gasteiger partial charge in [-0.15, -0.1) is 0 Å². The van der Waals surface area contributed by atoms with Crippen molar-refractivity contribution in [3.05, 3.63) is 27.3 Å². The Morgan fingerprint density at radius 3 is 2.74 bits per heavy atom. The number of rotatable bonds is 7. The number of benzene rings is 1. The van der Waals surface area contributed by atoms with E-state index in [0.717, 1.165) is 14.8 Å². The highest BCUT2D eigenvalue weighted by atomic mass is 127. The van der Waals surface area contributed by atoms with E-state index in [1.807, 2.05) is 25.1 Å². The number of amides is 1. The van der Waals surface area contributed by atoms with Crippen molar-refractivity contribution in [3.63, 3.8) is 0 Å². The molecule has 5 nitrogen and oxygen atoms in total. The maximum Gasteiger partial charge on any atom is 0.303 e. The molecule has 0 fully saturated rings. The van der Waals surface area contributed by atoms with E-state index in [0.29, 0.717) is 13.0 Å². The second-order valence-electron chi connectivity index (χ2n) is 4.18. The molecule has 0 aromatic heterocycles. The van der Waals surface area contributed by atoms with Crippen LogP contribution in [0.4, 0.5) is 5.69 Å². The van der Waals surface area contributed by atoms with E-state index < -0.39 is 5.97 Å². The summed E-state index contributed by atoms with van der Waals surface area (Å²) in [5, 5.41) is 14.2. The van der Waals surface area contributed by atoms with Crippen molar-refractivity contribution in [2.45, 2.75) is 19.8 Å². The van der Waals surface area contributed by atoms with Gasteiger partial charge < -0.3 is 15.7 Å². The van der Waals surface area contributed by atoms with Crippen LogP contribution < -0.4 is 10.6 Å². The predicted molar refractivity (Wildman–Crippen MR) is 82.3 cm³/mol. The van der Waals surface area contributed by atoms with Gasteiger partial charge in [0.05, 0.1) is 6.54 Å². The molecule has 0 aliphatic heterocycles. The van der Waals surface area contributed by atoms with E-state index in [2.05, 4.69) is 33.2 Å². The van der Waals surface area contributed by atoms with E-state index in [4.69, 9.17) is 5.11 Å². The first-order chi connectivity index (χ1) is 8.99. The SMILES string of the molecule is Cc1cc(I)ccc1NC(=O)CNCCCC(=O)O. The highest BCUT2D eigenvalue weighted by Crippen LogP contribution is 2.17. The van der Waals surface area contributed by atoms with Gasteiger partial charge in [0.1, 0.15) is 0 Å². The summed E-state index contributed by atoms with van der Waals surface area (Å²) >= 11 is 2.22. The van der Waals surface area contributed by atoms with Crippen LogP contribution in [0, 0.1) is 10.5 Å². The quantitative estimate of drug-likeness (QED) is 0.503. The molecule has 0 radical (unpaired) electrons. The number of carbonyl (C=O) groups excluding carboxylic acids is 1. The van der Waals surface area contributed by atoms with Gasteiger partial charge in [0.15, 0.2) is 0 Å². The number of nitrogens with one attached hydrogen (secondary N) is 2. The first-order valence-electron chi connectivity index (χ1n) is 5.97. The molecule has 0 aliphatic carbocycles. The van der Waals surface area contributed by atoms with Crippen molar-refractivity contribution in [1.29, 1.82) is 0 Å². The highest BCUT2D eigenvalue weighted by molar-refractivity contribution is 14.1. The fraction of sp³-hybridized carbons (Fsp3) is 0.385. The Balaban J connectivity index is 2.29. The average molecular weight is 376 g/mol. The Bertz CT molecular complexity index is 463. The predicted octanol–water partition coefficient (Wildman–Crippen LogP) is 1.99. The van der Waals surface area contributed by atoms with Gasteiger partial charge in [0.2, 0.25) is 5.91 Å². The lowest BCUT2D eigenvalue weighted by Gasteiger charge is -2.09. The molecule has 3 N–H and O–H groups in total. The number of carboxylic acids is 1. The third-order valence-corrected chi connectivity index (χ3v) is 3.16. The molecule has 1 amide bonds. The number of carbonyl (C=O) groups is 2. The van der Waals surface area contributed by atoms with Crippen LogP contribution in [0.15, 0.2) is 18.2 Å². The number of hydrogen-bond acceptors (Lipinski definition) is 3. The molecule has 0 aliphatic rings. The second kappa shape index (κ2) is 8.11. The van der Waals surface area contributed by atoms with Gasteiger partial charge in [-0.3, -0.25) is 9.59 Å². The van der Waals surface area contributed by atoms with Crippen molar-refractivity contribution in [2.24, 2.45) is 0 Å². The second-order valence-corrected chi connectivity index (χ2v) is 5.43. The minimum absolute atomic E-state index is 0.116. The summed E-state index contributed by atoms with van der Waals surface area (Å²) in [6.45, 7) is 2.65. The molecule has 1 aromatic rings. The maximum absolute atomic E-state index is 11.7. The summed E-state index contributed by atoms with van der Waals surface area (Å²) in [5.74, 6) is -0.944. The van der Waals surface area contributed by atoms with Gasteiger partial charge >= 0.3 is 5.97 Å². The number of anilines is 1. The molecular weight excluding hydrogens is 359 g/mol. The minimum atomic E-state index is -0.819. The van der Waals surface area contributed by atoms with Gasteiger partial charge in [0.25, 0.3) is 0 Å². The normalized spacial score (nSPS) is 10.2. The molecule has 0 unspecified atom stereocenters. The zero-order chi connectivity index (χ0) is 14.3. The first-order valence-corrected chi connectivity index (χ1v) is 7.05. The Morgan fingerprint density at radius 1 is 1.37 bits per heavy atom. The van der Waals surface area contributed by atoms with E-state index >= 15 is 0 Å². The molecule has 1 aromatic carbocycles. The smallest absolute Gasteiger partial charge is 0.303 e. The largest absolute Gasteiger partial charge is 0.481 e. The Labute approximate surface area is 125 Å². The summed E-state index contributed by atoms with van der Waals surface area (Å²) in [5.41, 5.74) is 1.82. The lowest BCUT2D eigenvalue weighted by molar-refractivity contribution is -0.137. The highest BCUT2D eigenvalue weighted by Gasteiger charge is 2.04. The third kappa shape index (κ3) is 6.53. The molecule has 104 valence electrons. The molecule has 0 saturated carbocycles. The monoisotopic (exact) mass is 376 g/mol. The molecule has 0 heterocycles. The summed E-state index contributed by atoms with van der Waals surface area (Å²) in [4.78, 5) is 21.9. The fourth-order valence-corrected chi connectivity index (χ4v) is 2.18. The van der Waals surface area contributed by atoms with E-state index in [1.165, 1.54) is 0 Å². The fourth-order valence-electron chi connectivity index (χ4n) is 1.53. The van der Waals surface area contributed by atoms with Crippen LogP contribution in [0.1, 0.15) is 18.4 Å². The summed E-state index contributed by atoms with van der Waals surface area (Å²) in [7, 11) is 0. The molecular formula is C13H17IN2O3. The summed E-state index contributed by atoms with van der Waals surface area (Å²) in [6, 6.07) is 5.80. The lowest BCUT2D eigenvalue weighted by Crippen LogP contribution is -2.29. The van der Waals surface area contributed by atoms with Crippen LogP contribution in [-0.4, -0.2) is 30.1 Å². The Hall–Kier alpha value is -1.15. The van der Waals surface area contributed by atoms with Crippen molar-refractivity contribution < 1.29 is 14.7 Å². The van der Waals surface area contributed by atoms with Gasteiger partial charge in [-0.2, -0.15) is 0 Å². The first kappa shape index (κ1) is 15.9. The lowest BCUT2D eigenvalue weighted by atomic mass is 10.2. The van der Waals surface area contributed by atoms with Crippen LogP contribution in [0.3, 0.4) is 0 Å². The van der Waals surface area contributed by atoms with Gasteiger partial charge in [-0.05, 0) is 66.2 Å². The Kier molecular flexibility index (Phi) is 6.79. The number of aliphatic carboxylic acids is 1. The molecule has 0 atom stereocenters. The van der Waals surface area contributed by atoms with E-state index in [9.17, 15) is 9.59 Å². The van der Waals surface area contributed by atoms with Crippen LogP contribution in [0.2, 0.25) is 0 Å². The zero-order valence-corrected chi connectivity index (χ0v) is 12.9. The van der Waals surface area contributed by atoms with Crippen LogP contribution >= 0.6 is 22.6 Å². The molecule has 19 heavy (non-hydrogen) atoms. The topological polar surface area (TPSA) is 78.4 Å².